The van der Waals surface area contributed by atoms with Gasteiger partial charge in [-0.05, 0) is 44.1 Å². The van der Waals surface area contributed by atoms with E-state index >= 15 is 0 Å². The first-order valence-corrected chi connectivity index (χ1v) is 6.33. The maximum Gasteiger partial charge on any atom is 0.159 e. The Kier molecular flexibility index (Phi) is 2.95. The minimum atomic E-state index is 0.568. The van der Waals surface area contributed by atoms with Gasteiger partial charge in [0.15, 0.2) is 5.65 Å². The molecule has 0 saturated carbocycles. The Morgan fingerprint density at radius 2 is 2.06 bits per heavy atom. The third-order valence-corrected chi connectivity index (χ3v) is 3.49. The summed E-state index contributed by atoms with van der Waals surface area (Å²) < 4.78 is 0. The Labute approximate surface area is 105 Å². The molecule has 0 bridgehead atoms. The smallest absolute Gasteiger partial charge is 0.159 e. The van der Waals surface area contributed by atoms with Crippen molar-refractivity contribution in [3.05, 3.63) is 35.1 Å². The lowest BCUT2D eigenvalue weighted by atomic mass is 9.94. The largest absolute Gasteiger partial charge is 0.317 e. The van der Waals surface area contributed by atoms with Crippen molar-refractivity contribution in [2.75, 3.05) is 13.1 Å². The normalized spacial score (nSPS) is 17.5. The minimum absolute atomic E-state index is 0.568. The Hall–Kier alpha value is -1.19. The molecule has 1 N–H and O–H groups in total. The van der Waals surface area contributed by atoms with E-state index in [0.29, 0.717) is 10.9 Å². The SMILES string of the molecule is Clc1cnc2nc(C3CCNCC3)ccc2c1. The van der Waals surface area contributed by atoms with E-state index in [2.05, 4.69) is 27.4 Å². The summed E-state index contributed by atoms with van der Waals surface area (Å²) >= 11 is 5.91. The summed E-state index contributed by atoms with van der Waals surface area (Å²) in [5, 5.41) is 5.04. The van der Waals surface area contributed by atoms with Crippen LogP contribution < -0.4 is 5.32 Å². The van der Waals surface area contributed by atoms with Gasteiger partial charge in [-0.15, -0.1) is 0 Å². The van der Waals surface area contributed by atoms with E-state index < -0.39 is 0 Å². The molecule has 0 amide bonds. The van der Waals surface area contributed by atoms with Crippen molar-refractivity contribution in [3.8, 4) is 0 Å². The summed E-state index contributed by atoms with van der Waals surface area (Å²) in [5.41, 5.74) is 1.96. The summed E-state index contributed by atoms with van der Waals surface area (Å²) in [4.78, 5) is 8.92. The number of fused-ring (bicyclic) bond motifs is 1. The van der Waals surface area contributed by atoms with E-state index in [0.717, 1.165) is 42.7 Å². The van der Waals surface area contributed by atoms with Gasteiger partial charge in [-0.1, -0.05) is 11.6 Å². The third kappa shape index (κ3) is 2.26. The highest BCUT2D eigenvalue weighted by Gasteiger charge is 2.16. The molecule has 2 aromatic rings. The van der Waals surface area contributed by atoms with Crippen LogP contribution in [0.15, 0.2) is 24.4 Å². The van der Waals surface area contributed by atoms with Crippen molar-refractivity contribution in [2.45, 2.75) is 18.8 Å². The van der Waals surface area contributed by atoms with Crippen molar-refractivity contribution in [2.24, 2.45) is 0 Å². The molecule has 0 aromatic carbocycles. The van der Waals surface area contributed by atoms with Crippen LogP contribution in [-0.2, 0) is 0 Å². The van der Waals surface area contributed by atoms with Gasteiger partial charge in [-0.25, -0.2) is 9.97 Å². The van der Waals surface area contributed by atoms with Gasteiger partial charge >= 0.3 is 0 Å². The van der Waals surface area contributed by atoms with Crippen molar-refractivity contribution in [1.82, 2.24) is 15.3 Å². The molecular weight excluding hydrogens is 234 g/mol. The second-order valence-electron chi connectivity index (χ2n) is 4.46. The van der Waals surface area contributed by atoms with Gasteiger partial charge in [-0.3, -0.25) is 0 Å². The molecule has 0 aliphatic carbocycles. The lowest BCUT2D eigenvalue weighted by Gasteiger charge is -2.22. The highest BCUT2D eigenvalue weighted by Crippen LogP contribution is 2.25. The summed E-state index contributed by atoms with van der Waals surface area (Å²) in [6, 6.07) is 6.08. The Morgan fingerprint density at radius 3 is 2.88 bits per heavy atom. The number of hydrogen-bond acceptors (Lipinski definition) is 3. The predicted octanol–water partition coefficient (Wildman–Crippen LogP) is 2.75. The fraction of sp³-hybridized carbons (Fsp3) is 0.385. The molecule has 0 radical (unpaired) electrons. The number of nitrogens with one attached hydrogen (secondary N) is 1. The summed E-state index contributed by atoms with van der Waals surface area (Å²) in [5.74, 6) is 0.568. The minimum Gasteiger partial charge on any atom is -0.317 e. The average Bonchev–Trinajstić information content (AvgIpc) is 2.39. The van der Waals surface area contributed by atoms with E-state index in [1.54, 1.807) is 6.20 Å². The second kappa shape index (κ2) is 4.59. The van der Waals surface area contributed by atoms with Gasteiger partial charge in [0, 0.05) is 23.2 Å². The van der Waals surface area contributed by atoms with Crippen LogP contribution in [0.3, 0.4) is 0 Å². The van der Waals surface area contributed by atoms with Crippen LogP contribution in [0.1, 0.15) is 24.5 Å². The molecular formula is C13H14ClN3. The molecule has 3 nitrogen and oxygen atoms in total. The van der Waals surface area contributed by atoms with E-state index in [-0.39, 0.29) is 0 Å². The average molecular weight is 248 g/mol. The van der Waals surface area contributed by atoms with E-state index in [1.807, 2.05) is 6.07 Å². The molecule has 3 rings (SSSR count). The molecule has 0 unspecified atom stereocenters. The number of aromatic nitrogens is 2. The molecule has 1 aliphatic heterocycles. The molecule has 2 aromatic heterocycles. The first-order chi connectivity index (χ1) is 8.33. The van der Waals surface area contributed by atoms with Gasteiger partial charge in [0.05, 0.1) is 5.02 Å². The van der Waals surface area contributed by atoms with Gasteiger partial charge in [0.1, 0.15) is 0 Å². The number of rotatable bonds is 1. The van der Waals surface area contributed by atoms with Gasteiger partial charge in [0.2, 0.25) is 0 Å². The zero-order valence-corrected chi connectivity index (χ0v) is 10.2. The van der Waals surface area contributed by atoms with Crippen LogP contribution in [0, 0.1) is 0 Å². The standard InChI is InChI=1S/C13H14ClN3/c14-11-7-10-1-2-12(17-13(10)16-8-11)9-3-5-15-6-4-9/h1-2,7-9,15H,3-6H2. The fourth-order valence-corrected chi connectivity index (χ4v) is 2.51. The quantitative estimate of drug-likeness (QED) is 0.842. The zero-order chi connectivity index (χ0) is 11.7. The van der Waals surface area contributed by atoms with E-state index in [1.165, 1.54) is 0 Å². The molecule has 88 valence electrons. The molecule has 3 heterocycles. The van der Waals surface area contributed by atoms with Crippen LogP contribution in [-0.4, -0.2) is 23.1 Å². The molecule has 1 saturated heterocycles. The number of hydrogen-bond donors (Lipinski definition) is 1. The number of halogens is 1. The summed E-state index contributed by atoms with van der Waals surface area (Å²) in [7, 11) is 0. The first kappa shape index (κ1) is 10.9. The fourth-order valence-electron chi connectivity index (χ4n) is 2.34. The monoisotopic (exact) mass is 247 g/mol. The van der Waals surface area contributed by atoms with Crippen LogP contribution in [0.5, 0.6) is 0 Å². The van der Waals surface area contributed by atoms with Crippen molar-refractivity contribution in [3.63, 3.8) is 0 Å². The maximum atomic E-state index is 5.91. The highest BCUT2D eigenvalue weighted by molar-refractivity contribution is 6.31. The number of pyridine rings is 2. The lowest BCUT2D eigenvalue weighted by Crippen LogP contribution is -2.27. The highest BCUT2D eigenvalue weighted by atomic mass is 35.5. The summed E-state index contributed by atoms with van der Waals surface area (Å²) in [6.07, 6.45) is 3.97. The Bertz CT molecular complexity index is 535. The van der Waals surface area contributed by atoms with Crippen molar-refractivity contribution < 1.29 is 0 Å². The molecule has 0 spiro atoms. The van der Waals surface area contributed by atoms with Crippen LogP contribution >= 0.6 is 11.6 Å². The van der Waals surface area contributed by atoms with Gasteiger partial charge < -0.3 is 5.32 Å². The van der Waals surface area contributed by atoms with Crippen LogP contribution in [0.2, 0.25) is 5.02 Å². The number of piperidine rings is 1. The van der Waals surface area contributed by atoms with E-state index in [4.69, 9.17) is 11.6 Å². The van der Waals surface area contributed by atoms with Crippen LogP contribution in [0.4, 0.5) is 0 Å². The van der Waals surface area contributed by atoms with Crippen molar-refractivity contribution in [1.29, 1.82) is 0 Å². The molecule has 17 heavy (non-hydrogen) atoms. The van der Waals surface area contributed by atoms with E-state index in [9.17, 15) is 0 Å². The summed E-state index contributed by atoms with van der Waals surface area (Å²) in [6.45, 7) is 2.16. The van der Waals surface area contributed by atoms with Crippen LogP contribution in [0.25, 0.3) is 11.0 Å². The second-order valence-corrected chi connectivity index (χ2v) is 4.90. The third-order valence-electron chi connectivity index (χ3n) is 3.29. The Balaban J connectivity index is 1.98. The molecule has 1 aliphatic rings. The van der Waals surface area contributed by atoms with Gasteiger partial charge in [-0.2, -0.15) is 0 Å². The molecule has 1 fully saturated rings. The molecule has 0 atom stereocenters. The zero-order valence-electron chi connectivity index (χ0n) is 9.49. The predicted molar refractivity (Wildman–Crippen MR) is 69.4 cm³/mol. The lowest BCUT2D eigenvalue weighted by molar-refractivity contribution is 0.454. The van der Waals surface area contributed by atoms with Gasteiger partial charge in [0.25, 0.3) is 0 Å². The first-order valence-electron chi connectivity index (χ1n) is 5.96. The Morgan fingerprint density at radius 1 is 1.24 bits per heavy atom. The topological polar surface area (TPSA) is 37.8 Å². The molecule has 4 heteroatoms. The van der Waals surface area contributed by atoms with Crippen molar-refractivity contribution >= 4 is 22.6 Å². The maximum absolute atomic E-state index is 5.91. The number of nitrogens with zero attached hydrogens (tertiary/aromatic N) is 2.